The maximum atomic E-state index is 15.2. The molecular weight excluding hydrogens is 1180 g/mol. The van der Waals surface area contributed by atoms with E-state index in [9.17, 15) is 48.3 Å². The van der Waals surface area contributed by atoms with Crippen LogP contribution in [0.4, 0.5) is 0 Å². The minimum atomic E-state index is -1.66. The minimum absolute atomic E-state index is 0.0548. The van der Waals surface area contributed by atoms with Crippen molar-refractivity contribution in [3.8, 4) is 0 Å². The molecule has 0 radical (unpaired) electrons. The van der Waals surface area contributed by atoms with Gasteiger partial charge in [0.2, 0.25) is 59.1 Å². The summed E-state index contributed by atoms with van der Waals surface area (Å²) < 4.78 is 11.5. The van der Waals surface area contributed by atoms with Gasteiger partial charge in [0, 0.05) is 74.8 Å². The Labute approximate surface area is 550 Å². The summed E-state index contributed by atoms with van der Waals surface area (Å²) in [6.07, 6.45) is 2.29. The molecule has 0 unspecified atom stereocenters. The van der Waals surface area contributed by atoms with Gasteiger partial charge in [-0.25, -0.2) is 0 Å². The van der Waals surface area contributed by atoms with Crippen LogP contribution in [0.3, 0.4) is 0 Å². The van der Waals surface area contributed by atoms with Crippen LogP contribution < -0.4 is 21.3 Å². The Bertz CT molecular complexity index is 2560. The number of carbonyl (C=O) groups excluding carboxylic acids is 11. The van der Waals surface area contributed by atoms with Gasteiger partial charge in [-0.2, -0.15) is 0 Å². The number of ether oxygens (including phenoxy) is 2. The van der Waals surface area contributed by atoms with E-state index in [1.165, 1.54) is 75.9 Å². The van der Waals surface area contributed by atoms with Crippen molar-refractivity contribution in [2.24, 2.45) is 35.5 Å². The first-order valence-corrected chi connectivity index (χ1v) is 32.8. The number of aliphatic hydroxyl groups is 1. The van der Waals surface area contributed by atoms with Crippen molar-refractivity contribution >= 4 is 65.0 Å². The van der Waals surface area contributed by atoms with Crippen LogP contribution >= 0.6 is 0 Å². The van der Waals surface area contributed by atoms with E-state index in [-0.39, 0.29) is 69.5 Å². The van der Waals surface area contributed by atoms with E-state index in [0.29, 0.717) is 6.61 Å². The Morgan fingerprint density at radius 2 is 1.07 bits per heavy atom. The standard InChI is InChI=1S/C67H119N11O14/c1-27-30-31-43(14)56(80)55-60(84)70-47(28-2)62(86)72(20)46(17)61(85)76(24)51(36-67(18,19)92-37-91-29-3)59(83)71-53(41(10)11)65(89)74(22)48(32-38(4)5)58(82)69-45(16)57(81)68-44(15)35-52(79)73(21)49(33-39(6)7)63(87)75(23)50(34-40(8)9)64(88)77(25)54(42(12)13)66(90)78(55)26/h27,30,38-45,47-51,53-56,80H,17,28-29,31-37H2,1-16,18-26H3,(H,68,81)(H,69,82)(H,70,84)(H,71,83)/b30-27+/t43-,44-,45+,47+,48+,49+,50+,51+,53+,54+,55+,56-/m1/s1. The molecule has 25 nitrogen and oxygen atoms in total. The number of nitrogens with zero attached hydrogens (tertiary/aromatic N) is 7. The molecule has 0 saturated carbocycles. The van der Waals surface area contributed by atoms with E-state index in [1.807, 2.05) is 41.5 Å². The highest BCUT2D eigenvalue weighted by atomic mass is 16.7. The van der Waals surface area contributed by atoms with Crippen molar-refractivity contribution < 1.29 is 67.3 Å². The van der Waals surface area contributed by atoms with Crippen LogP contribution in [0.25, 0.3) is 0 Å². The lowest BCUT2D eigenvalue weighted by Gasteiger charge is -2.41. The molecule has 1 heterocycles. The summed E-state index contributed by atoms with van der Waals surface area (Å²) in [6, 6.07) is -12.4. The third-order valence-electron chi connectivity index (χ3n) is 17.2. The highest BCUT2D eigenvalue weighted by molar-refractivity contribution is 6.02. The smallest absolute Gasteiger partial charge is 0.270 e. The molecule has 1 aliphatic heterocycles. The number of nitrogens with one attached hydrogen (secondary N) is 4. The average Bonchev–Trinajstić information content (AvgIpc) is 0.816. The maximum Gasteiger partial charge on any atom is 0.270 e. The summed E-state index contributed by atoms with van der Waals surface area (Å²) in [5, 5.41) is 23.3. The average molecular weight is 1300 g/mol. The summed E-state index contributed by atoms with van der Waals surface area (Å²) in [5.74, 6) is -10.1. The van der Waals surface area contributed by atoms with Crippen molar-refractivity contribution in [2.75, 3.05) is 62.7 Å². The summed E-state index contributed by atoms with van der Waals surface area (Å²) in [5.41, 5.74) is -1.58. The first-order chi connectivity index (χ1) is 42.5. The molecule has 25 heteroatoms. The number of likely N-dealkylation sites (N-methyl/N-ethyl adjacent to an activating group) is 7. The normalized spacial score (nSPS) is 26.1. The molecule has 1 aliphatic rings. The van der Waals surface area contributed by atoms with Gasteiger partial charge in [-0.1, -0.05) is 102 Å². The Hall–Kier alpha value is -6.47. The molecule has 526 valence electrons. The molecule has 0 aromatic rings. The molecule has 1 saturated heterocycles. The number of rotatable bonds is 19. The molecule has 92 heavy (non-hydrogen) atoms. The van der Waals surface area contributed by atoms with E-state index in [1.54, 1.807) is 88.3 Å². The Kier molecular flexibility index (Phi) is 34.5. The van der Waals surface area contributed by atoms with E-state index in [0.717, 1.165) is 14.7 Å². The zero-order valence-corrected chi connectivity index (χ0v) is 60.4. The lowest BCUT2D eigenvalue weighted by atomic mass is 9.91. The summed E-state index contributed by atoms with van der Waals surface area (Å²) >= 11 is 0. The molecule has 1 fully saturated rings. The topological polar surface area (TPSA) is 297 Å². The fourth-order valence-corrected chi connectivity index (χ4v) is 11.2. The van der Waals surface area contributed by atoms with E-state index in [2.05, 4.69) is 27.8 Å². The van der Waals surface area contributed by atoms with Gasteiger partial charge in [-0.15, -0.1) is 0 Å². The Morgan fingerprint density at radius 3 is 1.55 bits per heavy atom. The Balaban J connectivity index is 4.43. The van der Waals surface area contributed by atoms with Gasteiger partial charge in [-0.3, -0.25) is 52.7 Å². The quantitative estimate of drug-likeness (QED) is 0.0522. The molecule has 12 atom stereocenters. The zero-order chi connectivity index (χ0) is 71.3. The van der Waals surface area contributed by atoms with Crippen LogP contribution in [0.5, 0.6) is 0 Å². The van der Waals surface area contributed by atoms with E-state index < -0.39 is 161 Å². The highest BCUT2D eigenvalue weighted by Crippen LogP contribution is 2.27. The number of aliphatic hydroxyl groups excluding tert-OH is 1. The van der Waals surface area contributed by atoms with Gasteiger partial charge >= 0.3 is 0 Å². The number of hydrogen-bond donors (Lipinski definition) is 5. The highest BCUT2D eigenvalue weighted by Gasteiger charge is 2.46. The molecule has 0 spiro atoms. The predicted molar refractivity (Wildman–Crippen MR) is 354 cm³/mol. The van der Waals surface area contributed by atoms with Crippen LogP contribution in [0.2, 0.25) is 0 Å². The molecule has 5 N–H and O–H groups in total. The van der Waals surface area contributed by atoms with Crippen molar-refractivity contribution in [3.05, 3.63) is 24.4 Å². The van der Waals surface area contributed by atoms with Gasteiger partial charge in [0.1, 0.15) is 66.9 Å². The maximum absolute atomic E-state index is 15.2. The minimum Gasteiger partial charge on any atom is -0.390 e. The molecule has 0 aromatic heterocycles. The summed E-state index contributed by atoms with van der Waals surface area (Å²) in [6.45, 7) is 35.5. The van der Waals surface area contributed by atoms with Gasteiger partial charge in [0.05, 0.1) is 11.7 Å². The lowest BCUT2D eigenvalue weighted by Crippen LogP contribution is -2.63. The largest absolute Gasteiger partial charge is 0.390 e. The Morgan fingerprint density at radius 1 is 0.576 bits per heavy atom. The fraction of sp³-hybridized carbons (Fsp3) is 0.776. The van der Waals surface area contributed by atoms with Crippen LogP contribution in [0.1, 0.15) is 170 Å². The van der Waals surface area contributed by atoms with Gasteiger partial charge in [0.25, 0.3) is 5.91 Å². The van der Waals surface area contributed by atoms with E-state index >= 15 is 9.59 Å². The lowest BCUT2D eigenvalue weighted by molar-refractivity contribution is -0.157. The number of carbonyl (C=O) groups is 11. The first-order valence-electron chi connectivity index (χ1n) is 32.8. The second-order valence-electron chi connectivity index (χ2n) is 27.7. The molecular formula is C67H119N11O14. The molecule has 0 aromatic carbocycles. The van der Waals surface area contributed by atoms with Crippen LogP contribution in [0, 0.1) is 35.5 Å². The molecule has 0 aliphatic carbocycles. The number of amides is 11. The van der Waals surface area contributed by atoms with E-state index in [4.69, 9.17) is 9.47 Å². The van der Waals surface area contributed by atoms with Crippen molar-refractivity contribution in [1.29, 1.82) is 0 Å². The number of hydrogen-bond acceptors (Lipinski definition) is 14. The summed E-state index contributed by atoms with van der Waals surface area (Å²) in [7, 11) is 9.75. The third kappa shape index (κ3) is 23.8. The van der Waals surface area contributed by atoms with Crippen molar-refractivity contribution in [1.82, 2.24) is 55.6 Å². The second-order valence-corrected chi connectivity index (χ2v) is 27.7. The monoisotopic (exact) mass is 1300 g/mol. The van der Waals surface area contributed by atoms with Crippen molar-refractivity contribution in [2.45, 2.75) is 242 Å². The van der Waals surface area contributed by atoms with Crippen molar-refractivity contribution in [3.63, 3.8) is 0 Å². The molecule has 11 amide bonds. The first kappa shape index (κ1) is 83.5. The second kappa shape index (κ2) is 38.0. The SMILES string of the molecule is C=C1C(=O)N(C)[C@@H](CC(C)(C)OCOCC)C(=O)N[C@@H](C(C)C)C(=O)N(C)[C@@H](CC(C)C)C(=O)N[C@@H](C)C(=O)N[C@H](C)CC(=O)N(C)[C@@H](CC(C)C)C(=O)N(C)[C@@H](CC(C)C)C(=O)N(C)[C@@H](C(C)C)C(=O)N(C)[C@@H]([C@H](O)[C@H](C)C/C=C/C)C(=O)N[C@@H](CC)C(=O)N1C. The van der Waals surface area contributed by atoms with Crippen LogP contribution in [-0.2, 0) is 62.2 Å². The third-order valence-corrected chi connectivity index (χ3v) is 17.2. The zero-order valence-electron chi connectivity index (χ0n) is 60.4. The summed E-state index contributed by atoms with van der Waals surface area (Å²) in [4.78, 5) is 170. The number of allylic oxidation sites excluding steroid dienone is 2. The van der Waals surface area contributed by atoms with Gasteiger partial charge in [0.15, 0.2) is 0 Å². The molecule has 0 bridgehead atoms. The van der Waals surface area contributed by atoms with Gasteiger partial charge < -0.3 is 70.1 Å². The molecule has 1 rings (SSSR count). The van der Waals surface area contributed by atoms with Crippen LogP contribution in [-0.4, -0.2) is 239 Å². The predicted octanol–water partition coefficient (Wildman–Crippen LogP) is 4.31. The van der Waals surface area contributed by atoms with Gasteiger partial charge in [-0.05, 0) is 109 Å². The van der Waals surface area contributed by atoms with Crippen LogP contribution in [0.15, 0.2) is 24.4 Å². The fourth-order valence-electron chi connectivity index (χ4n) is 11.2.